The molecule has 1 aromatic rings. The van der Waals surface area contributed by atoms with Crippen molar-refractivity contribution >= 4 is 14.0 Å². The first-order chi connectivity index (χ1) is 9.33. The van der Waals surface area contributed by atoms with Crippen LogP contribution in [0.4, 0.5) is 5.69 Å². The van der Waals surface area contributed by atoms with Gasteiger partial charge in [0.25, 0.3) is 0 Å². The molecule has 0 aromatic heterocycles. The maximum absolute atomic E-state index is 6.18. The fourth-order valence-electron chi connectivity index (χ4n) is 1.74. The van der Waals surface area contributed by atoms with Crippen molar-refractivity contribution in [3.63, 3.8) is 0 Å². The summed E-state index contributed by atoms with van der Waals surface area (Å²) in [4.78, 5) is 0. The largest absolute Gasteiger partial charge is 0.417 e. The predicted molar refractivity (Wildman–Crippen MR) is 91.9 cm³/mol. The molecule has 0 saturated heterocycles. The molecule has 20 heavy (non-hydrogen) atoms. The second-order valence-corrected chi connectivity index (χ2v) is 11.8. The van der Waals surface area contributed by atoms with Crippen LogP contribution in [0.15, 0.2) is 30.3 Å². The van der Waals surface area contributed by atoms with E-state index < -0.39 is 8.32 Å². The molecule has 0 heterocycles. The smallest absolute Gasteiger partial charge is 0.191 e. The van der Waals surface area contributed by atoms with Crippen LogP contribution in [0, 0.1) is 0 Å². The first kappa shape index (κ1) is 17.2. The molecule has 0 radical (unpaired) electrons. The zero-order valence-electron chi connectivity index (χ0n) is 13.8. The molecule has 0 aliphatic carbocycles. The molecule has 1 aromatic carbocycles. The van der Waals surface area contributed by atoms with Crippen molar-refractivity contribution in [2.24, 2.45) is 0 Å². The molecule has 0 fully saturated rings. The minimum Gasteiger partial charge on any atom is -0.417 e. The van der Waals surface area contributed by atoms with E-state index >= 15 is 0 Å². The third-order valence-electron chi connectivity index (χ3n) is 4.19. The first-order valence-corrected chi connectivity index (χ1v) is 10.7. The summed E-state index contributed by atoms with van der Waals surface area (Å²) in [5, 5.41) is 3.77. The summed E-state index contributed by atoms with van der Waals surface area (Å²) in [6, 6.07) is 10.4. The number of anilines is 1. The number of nitrogens with one attached hydrogen (secondary N) is 1. The van der Waals surface area contributed by atoms with Crippen molar-refractivity contribution in [2.75, 3.05) is 18.5 Å². The number of hydrogen-bond acceptors (Lipinski definition) is 2. The number of hydrogen-bond donors (Lipinski definition) is 1. The molecular formula is C17H31NOSi. The van der Waals surface area contributed by atoms with Crippen LogP contribution in [-0.4, -0.2) is 21.5 Å². The van der Waals surface area contributed by atoms with Gasteiger partial charge in [-0.3, -0.25) is 0 Å². The SMILES string of the molecule is CC(C)(C)[Si](C)(C)OCCCCCNc1ccccc1. The van der Waals surface area contributed by atoms with Crippen molar-refractivity contribution in [1.82, 2.24) is 0 Å². The summed E-state index contributed by atoms with van der Waals surface area (Å²) in [6.07, 6.45) is 3.60. The van der Waals surface area contributed by atoms with Gasteiger partial charge < -0.3 is 9.74 Å². The molecule has 0 atom stereocenters. The maximum Gasteiger partial charge on any atom is 0.191 e. The van der Waals surface area contributed by atoms with Crippen LogP contribution >= 0.6 is 0 Å². The van der Waals surface area contributed by atoms with E-state index in [1.165, 1.54) is 24.9 Å². The number of rotatable bonds is 8. The van der Waals surface area contributed by atoms with Crippen molar-refractivity contribution in [2.45, 2.75) is 58.2 Å². The molecule has 1 rings (SSSR count). The van der Waals surface area contributed by atoms with E-state index in [9.17, 15) is 0 Å². The van der Waals surface area contributed by atoms with Crippen LogP contribution in [0.25, 0.3) is 0 Å². The van der Waals surface area contributed by atoms with Crippen molar-refractivity contribution in [3.05, 3.63) is 30.3 Å². The minimum atomic E-state index is -1.54. The third-order valence-corrected chi connectivity index (χ3v) is 8.73. The topological polar surface area (TPSA) is 21.3 Å². The number of para-hydroxylation sites is 1. The predicted octanol–water partition coefficient (Wildman–Crippen LogP) is 5.29. The minimum absolute atomic E-state index is 0.321. The molecule has 3 heteroatoms. The van der Waals surface area contributed by atoms with Gasteiger partial charge in [0.05, 0.1) is 0 Å². The maximum atomic E-state index is 6.18. The summed E-state index contributed by atoms with van der Waals surface area (Å²) >= 11 is 0. The van der Waals surface area contributed by atoms with E-state index in [0.29, 0.717) is 5.04 Å². The van der Waals surface area contributed by atoms with Gasteiger partial charge in [-0.15, -0.1) is 0 Å². The molecule has 1 N–H and O–H groups in total. The monoisotopic (exact) mass is 293 g/mol. The molecule has 0 spiro atoms. The van der Waals surface area contributed by atoms with Crippen LogP contribution < -0.4 is 5.32 Å². The zero-order valence-corrected chi connectivity index (χ0v) is 14.8. The quantitative estimate of drug-likeness (QED) is 0.519. The highest BCUT2D eigenvalue weighted by molar-refractivity contribution is 6.74. The zero-order chi connectivity index (χ0) is 15.1. The molecule has 0 saturated carbocycles. The summed E-state index contributed by atoms with van der Waals surface area (Å²) in [5.41, 5.74) is 1.21. The molecule has 114 valence electrons. The Bertz CT molecular complexity index is 370. The lowest BCUT2D eigenvalue weighted by Crippen LogP contribution is -2.40. The second kappa shape index (κ2) is 7.84. The summed E-state index contributed by atoms with van der Waals surface area (Å²) in [6.45, 7) is 13.5. The Hall–Kier alpha value is -0.803. The van der Waals surface area contributed by atoms with E-state index in [0.717, 1.165) is 13.2 Å². The van der Waals surface area contributed by atoms with Crippen LogP contribution in [0.3, 0.4) is 0 Å². The van der Waals surface area contributed by atoms with Crippen LogP contribution in [-0.2, 0) is 4.43 Å². The van der Waals surface area contributed by atoms with Gasteiger partial charge in [-0.2, -0.15) is 0 Å². The van der Waals surface area contributed by atoms with Gasteiger partial charge in [-0.05, 0) is 49.5 Å². The Morgan fingerprint density at radius 1 is 1.00 bits per heavy atom. The van der Waals surface area contributed by atoms with Gasteiger partial charge in [0.1, 0.15) is 0 Å². The van der Waals surface area contributed by atoms with Gasteiger partial charge in [-0.25, -0.2) is 0 Å². The standard InChI is InChI=1S/C17H31NOSi/c1-17(2,3)20(4,5)19-15-11-7-10-14-18-16-12-8-6-9-13-16/h6,8-9,12-13,18H,7,10-11,14-15H2,1-5H3. The molecule has 0 aliphatic heterocycles. The van der Waals surface area contributed by atoms with Gasteiger partial charge in [0, 0.05) is 18.8 Å². The molecule has 0 unspecified atom stereocenters. The summed E-state index contributed by atoms with van der Waals surface area (Å²) in [7, 11) is -1.54. The second-order valence-electron chi connectivity index (χ2n) is 6.96. The molecule has 0 aliphatic rings. The fourth-order valence-corrected chi connectivity index (χ4v) is 2.82. The molecule has 0 bridgehead atoms. The first-order valence-electron chi connectivity index (χ1n) is 7.76. The Labute approximate surface area is 126 Å². The molecule has 0 amide bonds. The molecule has 2 nitrogen and oxygen atoms in total. The highest BCUT2D eigenvalue weighted by Crippen LogP contribution is 2.36. The van der Waals surface area contributed by atoms with Crippen LogP contribution in [0.5, 0.6) is 0 Å². The highest BCUT2D eigenvalue weighted by Gasteiger charge is 2.36. The van der Waals surface area contributed by atoms with Gasteiger partial charge in [0.2, 0.25) is 0 Å². The van der Waals surface area contributed by atoms with Gasteiger partial charge in [0.15, 0.2) is 8.32 Å². The average molecular weight is 294 g/mol. The number of benzene rings is 1. The van der Waals surface area contributed by atoms with Crippen molar-refractivity contribution in [3.8, 4) is 0 Å². The van der Waals surface area contributed by atoms with Crippen molar-refractivity contribution in [1.29, 1.82) is 0 Å². The number of unbranched alkanes of at least 4 members (excludes halogenated alkanes) is 2. The average Bonchev–Trinajstić information content (AvgIpc) is 2.37. The van der Waals surface area contributed by atoms with Crippen LogP contribution in [0.2, 0.25) is 18.1 Å². The Morgan fingerprint density at radius 3 is 2.25 bits per heavy atom. The molecular weight excluding hydrogens is 262 g/mol. The Balaban J connectivity index is 2.06. The van der Waals surface area contributed by atoms with Gasteiger partial charge >= 0.3 is 0 Å². The van der Waals surface area contributed by atoms with E-state index in [1.807, 2.05) is 6.07 Å². The fraction of sp³-hybridized carbons (Fsp3) is 0.647. The van der Waals surface area contributed by atoms with E-state index in [2.05, 4.69) is 63.4 Å². The summed E-state index contributed by atoms with van der Waals surface area (Å²) < 4.78 is 6.18. The lowest BCUT2D eigenvalue weighted by Gasteiger charge is -2.36. The Morgan fingerprint density at radius 2 is 1.65 bits per heavy atom. The van der Waals surface area contributed by atoms with Crippen molar-refractivity contribution < 1.29 is 4.43 Å². The summed E-state index contributed by atoms with van der Waals surface area (Å²) in [5.74, 6) is 0. The van der Waals surface area contributed by atoms with E-state index in [-0.39, 0.29) is 0 Å². The van der Waals surface area contributed by atoms with E-state index in [1.54, 1.807) is 0 Å². The van der Waals surface area contributed by atoms with Gasteiger partial charge in [-0.1, -0.05) is 39.0 Å². The Kier molecular flexibility index (Phi) is 6.76. The van der Waals surface area contributed by atoms with Crippen LogP contribution in [0.1, 0.15) is 40.0 Å². The normalized spacial score (nSPS) is 12.4. The highest BCUT2D eigenvalue weighted by atomic mass is 28.4. The van der Waals surface area contributed by atoms with E-state index in [4.69, 9.17) is 4.43 Å². The third kappa shape index (κ3) is 6.10. The lowest BCUT2D eigenvalue weighted by molar-refractivity contribution is 0.278. The lowest BCUT2D eigenvalue weighted by atomic mass is 10.2.